The molecule has 1 atom stereocenters. The third-order valence-electron chi connectivity index (χ3n) is 6.43. The van der Waals surface area contributed by atoms with E-state index in [2.05, 4.69) is 10.2 Å². The molecule has 3 aromatic rings. The Morgan fingerprint density at radius 2 is 1.74 bits per heavy atom. The average Bonchev–Trinajstić information content (AvgIpc) is 2.88. The van der Waals surface area contributed by atoms with E-state index < -0.39 is 0 Å². The molecule has 1 N–H and O–H groups in total. The lowest BCUT2D eigenvalue weighted by Crippen LogP contribution is -2.48. The highest BCUT2D eigenvalue weighted by molar-refractivity contribution is 5.97. The van der Waals surface area contributed by atoms with Crippen LogP contribution in [0.1, 0.15) is 34.5 Å². The molecule has 1 aliphatic rings. The Balaban J connectivity index is 1.49. The summed E-state index contributed by atoms with van der Waals surface area (Å²) in [6.07, 6.45) is 0. The van der Waals surface area contributed by atoms with Gasteiger partial charge in [0.2, 0.25) is 0 Å². The van der Waals surface area contributed by atoms with Crippen molar-refractivity contribution in [2.45, 2.75) is 19.9 Å². The molecule has 1 heterocycles. The summed E-state index contributed by atoms with van der Waals surface area (Å²) in [5, 5.41) is 15.0. The minimum Gasteiger partial charge on any atom is -0.496 e. The molecule has 0 saturated carbocycles. The molecule has 0 aromatic heterocycles. The average molecular weight is 475 g/mol. The molecule has 1 unspecified atom stereocenters. The van der Waals surface area contributed by atoms with Gasteiger partial charge in [-0.25, -0.2) is 0 Å². The normalized spacial score (nSPS) is 14.4. The van der Waals surface area contributed by atoms with Crippen molar-refractivity contribution >= 4 is 23.0 Å². The van der Waals surface area contributed by atoms with Crippen molar-refractivity contribution in [2.75, 3.05) is 43.5 Å². The molecule has 1 aliphatic heterocycles. The van der Waals surface area contributed by atoms with Crippen LogP contribution in [0.4, 0.5) is 17.1 Å². The van der Waals surface area contributed by atoms with Gasteiger partial charge in [-0.1, -0.05) is 42.5 Å². The first-order valence-electron chi connectivity index (χ1n) is 11.7. The summed E-state index contributed by atoms with van der Waals surface area (Å²) in [6, 6.07) is 20.5. The van der Waals surface area contributed by atoms with Crippen molar-refractivity contribution in [3.05, 3.63) is 93.5 Å². The molecule has 8 heteroatoms. The molecule has 0 aliphatic carbocycles. The van der Waals surface area contributed by atoms with Crippen molar-refractivity contribution in [1.29, 1.82) is 0 Å². The number of nitro benzene ring substituents is 1. The summed E-state index contributed by atoms with van der Waals surface area (Å²) in [5.41, 5.74) is 3.94. The molecule has 182 valence electrons. The van der Waals surface area contributed by atoms with Crippen LogP contribution in [0.2, 0.25) is 0 Å². The quantitative estimate of drug-likeness (QED) is 0.381. The Morgan fingerprint density at radius 3 is 2.40 bits per heavy atom. The van der Waals surface area contributed by atoms with E-state index in [0.717, 1.165) is 16.8 Å². The SMILES string of the molecule is COc1c(C)cccc1C(=O)N1CCN(c2ccc([N+](=O)[O-])c(NC(C)c3ccccc3)c2)CC1. The van der Waals surface area contributed by atoms with Crippen molar-refractivity contribution in [2.24, 2.45) is 0 Å². The van der Waals surface area contributed by atoms with E-state index in [1.54, 1.807) is 25.3 Å². The van der Waals surface area contributed by atoms with Gasteiger partial charge < -0.3 is 19.9 Å². The lowest BCUT2D eigenvalue weighted by atomic mass is 10.1. The summed E-state index contributed by atoms with van der Waals surface area (Å²) < 4.78 is 5.47. The number of rotatable bonds is 7. The fourth-order valence-corrected chi connectivity index (χ4v) is 4.48. The third-order valence-corrected chi connectivity index (χ3v) is 6.43. The van der Waals surface area contributed by atoms with Crippen LogP contribution in [-0.4, -0.2) is 49.0 Å². The van der Waals surface area contributed by atoms with E-state index in [1.165, 1.54) is 0 Å². The number of carbonyl (C=O) groups excluding carboxylic acids is 1. The highest BCUT2D eigenvalue weighted by Gasteiger charge is 2.26. The molecule has 3 aromatic carbocycles. The number of benzene rings is 3. The molecular weight excluding hydrogens is 444 g/mol. The van der Waals surface area contributed by atoms with Gasteiger partial charge in [0.15, 0.2) is 0 Å². The largest absolute Gasteiger partial charge is 0.496 e. The van der Waals surface area contributed by atoms with Gasteiger partial charge in [0.25, 0.3) is 11.6 Å². The number of nitrogens with zero attached hydrogens (tertiary/aromatic N) is 3. The number of amides is 1. The summed E-state index contributed by atoms with van der Waals surface area (Å²) in [7, 11) is 1.58. The van der Waals surface area contributed by atoms with Gasteiger partial charge in [0, 0.05) is 44.0 Å². The number of para-hydroxylation sites is 1. The zero-order chi connectivity index (χ0) is 24.9. The highest BCUT2D eigenvalue weighted by Crippen LogP contribution is 2.33. The monoisotopic (exact) mass is 474 g/mol. The molecule has 0 bridgehead atoms. The molecule has 35 heavy (non-hydrogen) atoms. The van der Waals surface area contributed by atoms with Crippen molar-refractivity contribution < 1.29 is 14.5 Å². The van der Waals surface area contributed by atoms with Crippen LogP contribution in [0, 0.1) is 17.0 Å². The van der Waals surface area contributed by atoms with Gasteiger partial charge in [-0.15, -0.1) is 0 Å². The van der Waals surface area contributed by atoms with Crippen molar-refractivity contribution in [1.82, 2.24) is 4.90 Å². The summed E-state index contributed by atoms with van der Waals surface area (Å²) in [5.74, 6) is 0.562. The summed E-state index contributed by atoms with van der Waals surface area (Å²) >= 11 is 0. The number of hydrogen-bond acceptors (Lipinski definition) is 6. The molecule has 0 radical (unpaired) electrons. The van der Waals surface area contributed by atoms with Gasteiger partial charge >= 0.3 is 0 Å². The summed E-state index contributed by atoms with van der Waals surface area (Å²) in [6.45, 7) is 6.27. The molecule has 1 amide bonds. The molecule has 1 fully saturated rings. The molecule has 4 rings (SSSR count). The molecule has 0 spiro atoms. The van der Waals surface area contributed by atoms with Crippen LogP contribution in [-0.2, 0) is 0 Å². The zero-order valence-electron chi connectivity index (χ0n) is 20.2. The zero-order valence-corrected chi connectivity index (χ0v) is 20.2. The number of anilines is 2. The number of carbonyl (C=O) groups is 1. The maximum absolute atomic E-state index is 13.1. The van der Waals surface area contributed by atoms with Crippen LogP contribution >= 0.6 is 0 Å². The van der Waals surface area contributed by atoms with Gasteiger partial charge in [0.05, 0.1) is 17.6 Å². The van der Waals surface area contributed by atoms with Crippen LogP contribution in [0.15, 0.2) is 66.7 Å². The Labute approximate surface area is 205 Å². The number of ether oxygens (including phenoxy) is 1. The third kappa shape index (κ3) is 5.21. The fraction of sp³-hybridized carbons (Fsp3) is 0.296. The second-order valence-corrected chi connectivity index (χ2v) is 8.67. The van der Waals surface area contributed by atoms with E-state index in [9.17, 15) is 14.9 Å². The van der Waals surface area contributed by atoms with Crippen LogP contribution < -0.4 is 15.0 Å². The number of methoxy groups -OCH3 is 1. The molecule has 8 nitrogen and oxygen atoms in total. The second kappa shape index (κ2) is 10.5. The first kappa shape index (κ1) is 24.1. The van der Waals surface area contributed by atoms with E-state index >= 15 is 0 Å². The highest BCUT2D eigenvalue weighted by atomic mass is 16.6. The van der Waals surface area contributed by atoms with Crippen molar-refractivity contribution in [3.63, 3.8) is 0 Å². The lowest BCUT2D eigenvalue weighted by Gasteiger charge is -2.36. The maximum atomic E-state index is 13.1. The Bertz CT molecular complexity index is 1210. The number of aryl methyl sites for hydroxylation is 1. The van der Waals surface area contributed by atoms with Crippen LogP contribution in [0.3, 0.4) is 0 Å². The van der Waals surface area contributed by atoms with E-state index in [4.69, 9.17) is 4.74 Å². The second-order valence-electron chi connectivity index (χ2n) is 8.67. The number of nitro groups is 1. The maximum Gasteiger partial charge on any atom is 0.292 e. The van der Waals surface area contributed by atoms with Crippen LogP contribution in [0.25, 0.3) is 0 Å². The first-order valence-corrected chi connectivity index (χ1v) is 11.7. The first-order chi connectivity index (χ1) is 16.9. The van der Waals surface area contributed by atoms with Gasteiger partial charge in [-0.05, 0) is 43.2 Å². The van der Waals surface area contributed by atoms with Crippen LogP contribution in [0.5, 0.6) is 5.75 Å². The Kier molecular flexibility index (Phi) is 7.19. The standard InChI is InChI=1S/C27H30N4O4/c1-19-8-7-11-23(26(19)35-3)27(32)30-16-14-29(15-17-30)22-12-13-25(31(33)34)24(18-22)28-20(2)21-9-5-4-6-10-21/h4-13,18,20,28H,14-17H2,1-3H3. The topological polar surface area (TPSA) is 88.0 Å². The minimum absolute atomic E-state index is 0.0388. The molecular formula is C27H30N4O4. The lowest BCUT2D eigenvalue weighted by molar-refractivity contribution is -0.384. The van der Waals surface area contributed by atoms with Crippen molar-refractivity contribution in [3.8, 4) is 5.75 Å². The number of hydrogen-bond donors (Lipinski definition) is 1. The Morgan fingerprint density at radius 1 is 1.03 bits per heavy atom. The van der Waals surface area contributed by atoms with E-state index in [0.29, 0.717) is 43.2 Å². The number of piperazine rings is 1. The van der Waals surface area contributed by atoms with Gasteiger partial charge in [0.1, 0.15) is 11.4 Å². The van der Waals surface area contributed by atoms with Gasteiger partial charge in [-0.2, -0.15) is 0 Å². The molecule has 1 saturated heterocycles. The summed E-state index contributed by atoms with van der Waals surface area (Å²) in [4.78, 5) is 28.4. The minimum atomic E-state index is -0.365. The number of nitrogens with one attached hydrogen (secondary N) is 1. The van der Waals surface area contributed by atoms with Gasteiger partial charge in [-0.3, -0.25) is 14.9 Å². The predicted octanol–water partition coefficient (Wildman–Crippen LogP) is 5.05. The Hall–Kier alpha value is -4.07. The van der Waals surface area contributed by atoms with E-state index in [1.807, 2.05) is 67.3 Å². The smallest absolute Gasteiger partial charge is 0.292 e. The van der Waals surface area contributed by atoms with E-state index in [-0.39, 0.29) is 22.6 Å². The predicted molar refractivity (Wildman–Crippen MR) is 137 cm³/mol. The fourth-order valence-electron chi connectivity index (χ4n) is 4.48.